The summed E-state index contributed by atoms with van der Waals surface area (Å²) in [5.41, 5.74) is 0.351. The summed E-state index contributed by atoms with van der Waals surface area (Å²) in [5, 5.41) is 9.37. The number of hydrogen-bond acceptors (Lipinski definition) is 5. The van der Waals surface area contributed by atoms with Crippen LogP contribution in [-0.2, 0) is 14.4 Å². The Labute approximate surface area is 77.1 Å². The van der Waals surface area contributed by atoms with Crippen molar-refractivity contribution < 1.29 is 14.4 Å². The van der Waals surface area contributed by atoms with E-state index in [-0.39, 0.29) is 6.61 Å². The van der Waals surface area contributed by atoms with Crippen LogP contribution in [-0.4, -0.2) is 31.2 Å². The predicted molar refractivity (Wildman–Crippen MR) is 45.1 cm³/mol. The molecular formula is C8H12N2O3. The van der Waals surface area contributed by atoms with Gasteiger partial charge in [-0.25, -0.2) is 4.79 Å². The zero-order valence-electron chi connectivity index (χ0n) is 7.74. The molecule has 13 heavy (non-hydrogen) atoms. The Bertz CT molecular complexity index is 232. The van der Waals surface area contributed by atoms with E-state index in [0.29, 0.717) is 12.1 Å². The average molecular weight is 184 g/mol. The van der Waals surface area contributed by atoms with Crippen LogP contribution < -0.4 is 0 Å². The van der Waals surface area contributed by atoms with E-state index in [1.54, 1.807) is 14.0 Å². The Morgan fingerprint density at radius 2 is 2.31 bits per heavy atom. The van der Waals surface area contributed by atoms with E-state index < -0.39 is 5.97 Å². The first-order valence-electron chi connectivity index (χ1n) is 3.67. The van der Waals surface area contributed by atoms with Crippen molar-refractivity contribution >= 4 is 5.97 Å². The van der Waals surface area contributed by atoms with Gasteiger partial charge < -0.3 is 9.57 Å². The van der Waals surface area contributed by atoms with E-state index in [2.05, 4.69) is 11.4 Å². The van der Waals surface area contributed by atoms with Gasteiger partial charge in [0.15, 0.2) is 0 Å². The predicted octanol–water partition coefficient (Wildman–Crippen LogP) is 0.450. The van der Waals surface area contributed by atoms with Gasteiger partial charge in [-0.15, -0.1) is 10.3 Å². The second-order valence-electron chi connectivity index (χ2n) is 2.45. The number of nitriles is 1. The SMILES string of the molecule is C=C(C)C(=O)OCCN(C)OC#N. The first-order chi connectivity index (χ1) is 6.07. The average Bonchev–Trinajstić information content (AvgIpc) is 2.04. The van der Waals surface area contributed by atoms with Crippen molar-refractivity contribution in [3.63, 3.8) is 0 Å². The molecule has 0 aliphatic heterocycles. The van der Waals surface area contributed by atoms with E-state index in [4.69, 9.17) is 10.00 Å². The van der Waals surface area contributed by atoms with Gasteiger partial charge in [0, 0.05) is 12.6 Å². The zero-order valence-corrected chi connectivity index (χ0v) is 7.74. The lowest BCUT2D eigenvalue weighted by Crippen LogP contribution is -2.23. The molecule has 0 unspecified atom stereocenters. The highest BCUT2D eigenvalue weighted by atomic mass is 16.7. The van der Waals surface area contributed by atoms with Crippen LogP contribution in [0, 0.1) is 11.5 Å². The summed E-state index contributed by atoms with van der Waals surface area (Å²) in [5.74, 6) is -0.439. The van der Waals surface area contributed by atoms with Gasteiger partial charge >= 0.3 is 12.2 Å². The smallest absolute Gasteiger partial charge is 0.333 e. The molecular weight excluding hydrogens is 172 g/mol. The minimum atomic E-state index is -0.439. The minimum absolute atomic E-state index is 0.171. The third-order valence-electron chi connectivity index (χ3n) is 1.18. The largest absolute Gasteiger partial charge is 0.461 e. The maximum absolute atomic E-state index is 10.8. The molecule has 0 N–H and O–H groups in total. The quantitative estimate of drug-likeness (QED) is 0.268. The number of ether oxygens (including phenoxy) is 1. The van der Waals surface area contributed by atoms with Crippen LogP contribution in [0.15, 0.2) is 12.2 Å². The van der Waals surface area contributed by atoms with E-state index >= 15 is 0 Å². The molecule has 0 rings (SSSR count). The second-order valence-corrected chi connectivity index (χ2v) is 2.45. The molecule has 0 saturated heterocycles. The molecule has 0 amide bonds. The summed E-state index contributed by atoms with van der Waals surface area (Å²) >= 11 is 0. The van der Waals surface area contributed by atoms with Crippen LogP contribution in [0.5, 0.6) is 0 Å². The summed E-state index contributed by atoms with van der Waals surface area (Å²) in [4.78, 5) is 15.2. The molecule has 0 aliphatic carbocycles. The molecule has 72 valence electrons. The maximum Gasteiger partial charge on any atom is 0.333 e. The molecule has 0 fully saturated rings. The zero-order chi connectivity index (χ0) is 10.3. The van der Waals surface area contributed by atoms with Crippen molar-refractivity contribution in [3.05, 3.63) is 12.2 Å². The Kier molecular flexibility index (Phi) is 5.32. The Hall–Kier alpha value is -1.54. The molecule has 5 heteroatoms. The van der Waals surface area contributed by atoms with Crippen LogP contribution in [0.4, 0.5) is 0 Å². The van der Waals surface area contributed by atoms with E-state index in [9.17, 15) is 4.79 Å². The highest BCUT2D eigenvalue weighted by Crippen LogP contribution is 1.92. The van der Waals surface area contributed by atoms with Crippen molar-refractivity contribution in [1.29, 1.82) is 5.26 Å². The molecule has 0 aromatic heterocycles. The molecule has 0 saturated carbocycles. The topological polar surface area (TPSA) is 62.6 Å². The summed E-state index contributed by atoms with van der Waals surface area (Å²) in [6.07, 6.45) is 1.50. The highest BCUT2D eigenvalue weighted by Gasteiger charge is 2.04. The van der Waals surface area contributed by atoms with Crippen LogP contribution in [0.3, 0.4) is 0 Å². The van der Waals surface area contributed by atoms with Crippen LogP contribution in [0.1, 0.15) is 6.92 Å². The van der Waals surface area contributed by atoms with Gasteiger partial charge in [0.25, 0.3) is 0 Å². The first-order valence-corrected chi connectivity index (χ1v) is 3.67. The summed E-state index contributed by atoms with van der Waals surface area (Å²) in [6.45, 7) is 5.50. The van der Waals surface area contributed by atoms with Crippen LogP contribution in [0.25, 0.3) is 0 Å². The Morgan fingerprint density at radius 1 is 1.69 bits per heavy atom. The van der Waals surface area contributed by atoms with Gasteiger partial charge in [-0.1, -0.05) is 6.58 Å². The second kappa shape index (κ2) is 6.03. The van der Waals surface area contributed by atoms with Crippen LogP contribution >= 0.6 is 0 Å². The minimum Gasteiger partial charge on any atom is -0.461 e. The number of hydroxylamine groups is 2. The van der Waals surface area contributed by atoms with Gasteiger partial charge in [-0.2, -0.15) is 0 Å². The highest BCUT2D eigenvalue weighted by molar-refractivity contribution is 5.86. The lowest BCUT2D eigenvalue weighted by molar-refractivity contribution is -0.142. The van der Waals surface area contributed by atoms with Crippen molar-refractivity contribution in [2.75, 3.05) is 20.2 Å². The molecule has 0 atom stereocenters. The molecule has 0 spiro atoms. The Balaban J connectivity index is 3.51. The lowest BCUT2D eigenvalue weighted by Gasteiger charge is -2.11. The third kappa shape index (κ3) is 5.70. The fourth-order valence-corrected chi connectivity index (χ4v) is 0.505. The number of hydrogen-bond donors (Lipinski definition) is 0. The monoisotopic (exact) mass is 184 g/mol. The van der Waals surface area contributed by atoms with Crippen molar-refractivity contribution in [1.82, 2.24) is 5.06 Å². The normalized spacial score (nSPS) is 9.08. The van der Waals surface area contributed by atoms with Gasteiger partial charge in [0.1, 0.15) is 6.61 Å². The number of nitrogens with zero attached hydrogens (tertiary/aromatic N) is 2. The first kappa shape index (κ1) is 11.5. The molecule has 0 heterocycles. The van der Waals surface area contributed by atoms with E-state index in [1.165, 1.54) is 11.3 Å². The fourth-order valence-electron chi connectivity index (χ4n) is 0.505. The van der Waals surface area contributed by atoms with Gasteiger partial charge in [-0.05, 0) is 6.92 Å². The lowest BCUT2D eigenvalue weighted by atomic mass is 10.4. The fraction of sp³-hybridized carbons (Fsp3) is 0.500. The van der Waals surface area contributed by atoms with Gasteiger partial charge in [-0.3, -0.25) is 0 Å². The van der Waals surface area contributed by atoms with Crippen molar-refractivity contribution in [3.8, 4) is 6.26 Å². The summed E-state index contributed by atoms with van der Waals surface area (Å²) in [6, 6.07) is 0. The number of rotatable bonds is 5. The van der Waals surface area contributed by atoms with E-state index in [1.807, 2.05) is 0 Å². The maximum atomic E-state index is 10.8. The molecule has 0 aromatic rings. The van der Waals surface area contributed by atoms with Crippen molar-refractivity contribution in [2.24, 2.45) is 0 Å². The number of esters is 1. The molecule has 0 bridgehead atoms. The van der Waals surface area contributed by atoms with Gasteiger partial charge in [0.2, 0.25) is 0 Å². The standard InChI is InChI=1S/C8H12N2O3/c1-7(2)8(11)12-5-4-10(3)13-6-9/h1,4-5H2,2-3H3. The molecule has 0 aliphatic rings. The number of carbonyl (C=O) groups excluding carboxylic acids is 1. The number of likely N-dealkylation sites (N-methyl/N-ethyl adjacent to an activating group) is 1. The third-order valence-corrected chi connectivity index (χ3v) is 1.18. The van der Waals surface area contributed by atoms with Crippen LogP contribution in [0.2, 0.25) is 0 Å². The van der Waals surface area contributed by atoms with Gasteiger partial charge in [0.05, 0.1) is 6.54 Å². The van der Waals surface area contributed by atoms with E-state index in [0.717, 1.165) is 0 Å². The number of carbonyl (C=O) groups is 1. The molecule has 5 nitrogen and oxygen atoms in total. The summed E-state index contributed by atoms with van der Waals surface area (Å²) in [7, 11) is 1.57. The van der Waals surface area contributed by atoms with Crippen molar-refractivity contribution in [2.45, 2.75) is 6.92 Å². The molecule has 0 aromatic carbocycles. The summed E-state index contributed by atoms with van der Waals surface area (Å²) < 4.78 is 4.75. The molecule has 0 radical (unpaired) electrons. The Morgan fingerprint density at radius 3 is 2.77 bits per heavy atom.